The molecule has 0 aromatic carbocycles. The van der Waals surface area contributed by atoms with E-state index >= 15 is 0 Å². The monoisotopic (exact) mass is 226 g/mol. The van der Waals surface area contributed by atoms with Gasteiger partial charge in [-0.05, 0) is 6.42 Å². The van der Waals surface area contributed by atoms with Gasteiger partial charge in [-0.3, -0.25) is 14.4 Å². The zero-order chi connectivity index (χ0) is 12.1. The molecule has 2 N–H and O–H groups in total. The Labute approximate surface area is 93.0 Å². The van der Waals surface area contributed by atoms with Crippen LogP contribution in [0.4, 0.5) is 0 Å². The van der Waals surface area contributed by atoms with Crippen LogP contribution in [-0.4, -0.2) is 42.6 Å². The van der Waals surface area contributed by atoms with Crippen LogP contribution in [0.25, 0.3) is 0 Å². The third-order valence-electron chi connectivity index (χ3n) is 2.18. The Morgan fingerprint density at radius 1 is 1.44 bits per heavy atom. The van der Waals surface area contributed by atoms with Gasteiger partial charge in [0, 0.05) is 26.3 Å². The number of nitrogens with zero attached hydrogens (tertiary/aromatic N) is 1. The van der Waals surface area contributed by atoms with Crippen molar-refractivity contribution >= 4 is 17.3 Å². The highest BCUT2D eigenvalue weighted by atomic mass is 16.5. The Morgan fingerprint density at radius 2 is 2.12 bits per heavy atom. The van der Waals surface area contributed by atoms with Crippen molar-refractivity contribution in [1.29, 1.82) is 0 Å². The van der Waals surface area contributed by atoms with Gasteiger partial charge in [0.25, 0.3) is 0 Å². The Kier molecular flexibility index (Phi) is 4.33. The average Bonchev–Trinajstić information content (AvgIpc) is 2.23. The largest absolute Gasteiger partial charge is 0.385 e. The quantitative estimate of drug-likeness (QED) is 0.217. The molecule has 0 heterocycles. The zero-order valence-corrected chi connectivity index (χ0v) is 9.06. The number of Topliss-reactive ketones (excluding diaryl/α,β-unsaturated/α-hetero) is 2. The van der Waals surface area contributed by atoms with Crippen LogP contribution < -0.4 is 5.84 Å². The number of carbonyl (C=O) groups is 3. The van der Waals surface area contributed by atoms with Crippen LogP contribution in [0.2, 0.25) is 0 Å². The van der Waals surface area contributed by atoms with Crippen LogP contribution in [0.15, 0.2) is 11.8 Å². The molecule has 6 heteroatoms. The molecule has 0 radical (unpaired) electrons. The summed E-state index contributed by atoms with van der Waals surface area (Å²) in [6.07, 6.45) is 1.38. The normalized spacial score (nSPS) is 16.4. The number of hydrogen-bond acceptors (Lipinski definition) is 6. The van der Waals surface area contributed by atoms with E-state index < -0.39 is 11.6 Å². The van der Waals surface area contributed by atoms with E-state index in [1.165, 1.54) is 0 Å². The van der Waals surface area contributed by atoms with E-state index in [0.717, 1.165) is 11.1 Å². The van der Waals surface area contributed by atoms with E-state index in [1.54, 1.807) is 7.11 Å². The molecular weight excluding hydrogens is 212 g/mol. The minimum absolute atomic E-state index is 0.0302. The van der Waals surface area contributed by atoms with Crippen molar-refractivity contribution in [3.8, 4) is 0 Å². The summed E-state index contributed by atoms with van der Waals surface area (Å²) in [5, 5.41) is 1.12. The van der Waals surface area contributed by atoms with Crippen molar-refractivity contribution < 1.29 is 19.1 Å². The molecule has 0 amide bonds. The summed E-state index contributed by atoms with van der Waals surface area (Å²) in [6.45, 7) is 0.850. The van der Waals surface area contributed by atoms with E-state index in [-0.39, 0.29) is 17.9 Å². The van der Waals surface area contributed by atoms with Gasteiger partial charge in [-0.2, -0.15) is 0 Å². The lowest BCUT2D eigenvalue weighted by Gasteiger charge is -2.22. The lowest BCUT2D eigenvalue weighted by Crippen LogP contribution is -2.40. The van der Waals surface area contributed by atoms with Crippen molar-refractivity contribution in [2.45, 2.75) is 12.8 Å². The maximum absolute atomic E-state index is 11.4. The van der Waals surface area contributed by atoms with Gasteiger partial charge in [0.05, 0.1) is 6.42 Å². The number of hydrogen-bond donors (Lipinski definition) is 1. The highest BCUT2D eigenvalue weighted by Gasteiger charge is 2.29. The fourth-order valence-corrected chi connectivity index (χ4v) is 1.36. The van der Waals surface area contributed by atoms with Crippen LogP contribution in [0.5, 0.6) is 0 Å². The van der Waals surface area contributed by atoms with Gasteiger partial charge >= 0.3 is 0 Å². The molecule has 0 aromatic heterocycles. The second-order valence-electron chi connectivity index (χ2n) is 3.46. The highest BCUT2D eigenvalue weighted by Crippen LogP contribution is 2.11. The van der Waals surface area contributed by atoms with Crippen LogP contribution in [0.3, 0.4) is 0 Å². The number of methoxy groups -OCH3 is 1. The summed E-state index contributed by atoms with van der Waals surface area (Å²) in [4.78, 5) is 33.7. The summed E-state index contributed by atoms with van der Waals surface area (Å²) in [7, 11) is 1.55. The molecule has 0 aliphatic heterocycles. The Hall–Kier alpha value is -1.53. The average molecular weight is 226 g/mol. The third kappa shape index (κ3) is 2.98. The van der Waals surface area contributed by atoms with Crippen molar-refractivity contribution in [3.63, 3.8) is 0 Å². The van der Waals surface area contributed by atoms with E-state index in [9.17, 15) is 14.4 Å². The summed E-state index contributed by atoms with van der Waals surface area (Å²) in [6, 6.07) is 0. The van der Waals surface area contributed by atoms with Crippen molar-refractivity contribution in [2.75, 3.05) is 20.3 Å². The van der Waals surface area contributed by atoms with Gasteiger partial charge in [0.15, 0.2) is 5.78 Å². The van der Waals surface area contributed by atoms with Gasteiger partial charge in [-0.15, -0.1) is 0 Å². The SMILES string of the molecule is COCCCN(N)C1=CC(=O)CC(=O)C1=O. The molecule has 6 nitrogen and oxygen atoms in total. The molecule has 0 atom stereocenters. The number of nitrogens with two attached hydrogens (primary N) is 1. The predicted molar refractivity (Wildman–Crippen MR) is 55.1 cm³/mol. The lowest BCUT2D eigenvalue weighted by atomic mass is 10.0. The predicted octanol–water partition coefficient (Wildman–Crippen LogP) is -0.806. The second kappa shape index (κ2) is 5.53. The molecule has 88 valence electrons. The number of ether oxygens (including phenoxy) is 1. The molecule has 0 saturated carbocycles. The Morgan fingerprint density at radius 3 is 2.75 bits per heavy atom. The highest BCUT2D eigenvalue weighted by molar-refractivity contribution is 6.48. The Bertz CT molecular complexity index is 349. The van der Waals surface area contributed by atoms with Crippen molar-refractivity contribution in [1.82, 2.24) is 5.01 Å². The molecule has 1 aliphatic carbocycles. The minimum Gasteiger partial charge on any atom is -0.385 e. The number of ketones is 3. The third-order valence-corrected chi connectivity index (χ3v) is 2.18. The summed E-state index contributed by atoms with van der Waals surface area (Å²) in [5.74, 6) is 3.80. The smallest absolute Gasteiger partial charge is 0.246 e. The molecule has 0 spiro atoms. The van der Waals surface area contributed by atoms with Gasteiger partial charge in [-0.1, -0.05) is 0 Å². The molecule has 0 fully saturated rings. The molecule has 0 aromatic rings. The van der Waals surface area contributed by atoms with Crippen molar-refractivity contribution in [3.05, 3.63) is 11.8 Å². The van der Waals surface area contributed by atoms with Crippen LogP contribution in [0, 0.1) is 0 Å². The molecule has 1 aliphatic rings. The van der Waals surface area contributed by atoms with Gasteiger partial charge < -0.3 is 9.75 Å². The molecule has 1 rings (SSSR count). The first kappa shape index (κ1) is 12.5. The van der Waals surface area contributed by atoms with E-state index in [2.05, 4.69) is 0 Å². The summed E-state index contributed by atoms with van der Waals surface area (Å²) >= 11 is 0. The number of rotatable bonds is 5. The first-order valence-corrected chi connectivity index (χ1v) is 4.89. The Balaban J connectivity index is 2.66. The van der Waals surface area contributed by atoms with E-state index in [0.29, 0.717) is 19.6 Å². The van der Waals surface area contributed by atoms with Gasteiger partial charge in [-0.25, -0.2) is 5.84 Å². The van der Waals surface area contributed by atoms with Crippen LogP contribution >= 0.6 is 0 Å². The minimum atomic E-state index is -0.704. The number of carbonyl (C=O) groups excluding carboxylic acids is 3. The molecular formula is C10H14N2O4. The fraction of sp³-hybridized carbons (Fsp3) is 0.500. The van der Waals surface area contributed by atoms with Gasteiger partial charge in [0.2, 0.25) is 11.6 Å². The second-order valence-corrected chi connectivity index (χ2v) is 3.46. The van der Waals surface area contributed by atoms with Crippen molar-refractivity contribution in [2.24, 2.45) is 5.84 Å². The fourth-order valence-electron chi connectivity index (χ4n) is 1.36. The molecule has 16 heavy (non-hydrogen) atoms. The first-order valence-electron chi connectivity index (χ1n) is 4.89. The van der Waals surface area contributed by atoms with Crippen LogP contribution in [-0.2, 0) is 19.1 Å². The summed E-state index contributed by atoms with van der Waals surface area (Å²) in [5.41, 5.74) is -0.0302. The molecule has 0 saturated heterocycles. The topological polar surface area (TPSA) is 89.7 Å². The lowest BCUT2D eigenvalue weighted by molar-refractivity contribution is -0.138. The number of allylic oxidation sites excluding steroid dienone is 2. The van der Waals surface area contributed by atoms with Crippen LogP contribution in [0.1, 0.15) is 12.8 Å². The molecule has 0 unspecified atom stereocenters. The first-order chi connectivity index (χ1) is 7.56. The molecule has 0 bridgehead atoms. The zero-order valence-electron chi connectivity index (χ0n) is 9.06. The van der Waals surface area contributed by atoms with Gasteiger partial charge in [0.1, 0.15) is 5.70 Å². The summed E-state index contributed by atoms with van der Waals surface area (Å²) < 4.78 is 4.83. The van der Waals surface area contributed by atoms with E-state index in [1.807, 2.05) is 0 Å². The standard InChI is InChI=1S/C10H14N2O4/c1-16-4-2-3-12(11)8-5-7(13)6-9(14)10(8)15/h5H,2-4,6,11H2,1H3. The van der Waals surface area contributed by atoms with E-state index in [4.69, 9.17) is 10.6 Å². The maximum atomic E-state index is 11.4. The maximum Gasteiger partial charge on any atom is 0.246 e. The number of hydrazine groups is 1.